The Hall–Kier alpha value is -2.57. The Morgan fingerprint density at radius 1 is 0.727 bits per heavy atom. The molecule has 0 heterocycles. The first-order valence-corrected chi connectivity index (χ1v) is 21.3. The van der Waals surface area contributed by atoms with Gasteiger partial charge < -0.3 is 24.8 Å². The van der Waals surface area contributed by atoms with Crippen LogP contribution in [0.25, 0.3) is 5.57 Å². The minimum absolute atomic E-state index is 0. The van der Waals surface area contributed by atoms with Gasteiger partial charge in [-0.25, -0.2) is 18.1 Å². The molecule has 0 spiro atoms. The van der Waals surface area contributed by atoms with Crippen LogP contribution in [-0.4, -0.2) is 3.21 Å². The molecule has 1 saturated carbocycles. The van der Waals surface area contributed by atoms with Crippen LogP contribution in [0.3, 0.4) is 0 Å². The topological polar surface area (TPSA) is 0 Å². The van der Waals surface area contributed by atoms with Crippen LogP contribution in [0.15, 0.2) is 132 Å². The molecule has 4 aliphatic rings. The molecule has 3 heteroatoms. The van der Waals surface area contributed by atoms with Crippen LogP contribution >= 0.6 is 0 Å². The summed E-state index contributed by atoms with van der Waals surface area (Å²) >= 11 is 1.46. The van der Waals surface area contributed by atoms with Crippen molar-refractivity contribution in [1.29, 1.82) is 0 Å². The van der Waals surface area contributed by atoms with E-state index in [1.807, 2.05) is 0 Å². The van der Waals surface area contributed by atoms with E-state index in [1.165, 1.54) is 60.8 Å². The van der Waals surface area contributed by atoms with E-state index < -0.39 is 0 Å². The number of fused-ring (bicyclic) bond motifs is 6. The van der Waals surface area contributed by atoms with E-state index in [-0.39, 0.29) is 35.6 Å². The van der Waals surface area contributed by atoms with Crippen molar-refractivity contribution in [2.75, 3.05) is 0 Å². The number of hydrogen-bond acceptors (Lipinski definition) is 0. The Bertz CT molecular complexity index is 2000. The second-order valence-corrected chi connectivity index (χ2v) is 19.2. The van der Waals surface area contributed by atoms with Crippen molar-refractivity contribution in [2.45, 2.75) is 94.9 Å². The van der Waals surface area contributed by atoms with Crippen molar-refractivity contribution in [3.63, 3.8) is 0 Å². The number of hydrogen-bond donors (Lipinski definition) is 0. The van der Waals surface area contributed by atoms with Crippen molar-refractivity contribution < 1.29 is 49.0 Å². The van der Waals surface area contributed by atoms with Gasteiger partial charge in [0.25, 0.3) is 0 Å². The summed E-state index contributed by atoms with van der Waals surface area (Å²) in [5, 5.41) is 0. The van der Waals surface area contributed by atoms with Gasteiger partial charge in [0.2, 0.25) is 0 Å². The predicted octanol–water partition coefficient (Wildman–Crippen LogP) is 7.50. The summed E-state index contributed by atoms with van der Waals surface area (Å²) in [6, 6.07) is 36.8. The van der Waals surface area contributed by atoms with Crippen molar-refractivity contribution in [1.82, 2.24) is 0 Å². The molecule has 0 radical (unpaired) electrons. The molecule has 7 unspecified atom stereocenters. The van der Waals surface area contributed by atoms with Gasteiger partial charge in [-0.1, -0.05) is 147 Å². The molecule has 0 aromatic heterocycles. The maximum absolute atomic E-state index is 2.63. The molecule has 8 rings (SSSR count). The van der Waals surface area contributed by atoms with E-state index in [9.17, 15) is 0 Å². The second kappa shape index (κ2) is 17.5. The number of halogens is 2. The molecular formula is C52H62Cl2Zr-2. The molecule has 55 heavy (non-hydrogen) atoms. The summed E-state index contributed by atoms with van der Waals surface area (Å²) in [5.41, 5.74) is 15.8. The minimum atomic E-state index is 0. The van der Waals surface area contributed by atoms with Gasteiger partial charge in [0, 0.05) is 5.41 Å². The van der Waals surface area contributed by atoms with Gasteiger partial charge >= 0.3 is 99.2 Å². The molecule has 290 valence electrons. The van der Waals surface area contributed by atoms with Gasteiger partial charge in [-0.15, -0.1) is 12.5 Å². The quantitative estimate of drug-likeness (QED) is 0.184. The number of benzene rings is 3. The number of aryl methyl sites for hydroxylation is 1. The van der Waals surface area contributed by atoms with Crippen molar-refractivity contribution in [3.05, 3.63) is 171 Å². The van der Waals surface area contributed by atoms with Gasteiger partial charge in [-0.3, -0.25) is 0 Å². The van der Waals surface area contributed by atoms with Gasteiger partial charge in [-0.2, -0.15) is 22.8 Å². The van der Waals surface area contributed by atoms with E-state index in [0.717, 1.165) is 6.42 Å². The maximum atomic E-state index is 2.63. The zero-order valence-corrected chi connectivity index (χ0v) is 39.3. The predicted molar refractivity (Wildman–Crippen MR) is 226 cm³/mol. The van der Waals surface area contributed by atoms with Crippen molar-refractivity contribution in [3.8, 4) is 0 Å². The van der Waals surface area contributed by atoms with Gasteiger partial charge in [0.05, 0.1) is 0 Å². The van der Waals surface area contributed by atoms with Gasteiger partial charge in [-0.05, 0) is 34.7 Å². The summed E-state index contributed by atoms with van der Waals surface area (Å²) in [6.07, 6.45) is 6.12. The average molecular weight is 849 g/mol. The fourth-order valence-corrected chi connectivity index (χ4v) is 11.4. The first-order chi connectivity index (χ1) is 25.0. The fourth-order valence-electron chi connectivity index (χ4n) is 10.6. The molecule has 1 fully saturated rings. The molecule has 0 nitrogen and oxygen atoms in total. The van der Waals surface area contributed by atoms with E-state index in [2.05, 4.69) is 198 Å². The van der Waals surface area contributed by atoms with E-state index in [4.69, 9.17) is 0 Å². The third kappa shape index (κ3) is 7.86. The van der Waals surface area contributed by atoms with Crippen LogP contribution in [0.2, 0.25) is 0 Å². The number of rotatable bonds is 2. The molecule has 0 aliphatic heterocycles. The molecule has 4 aromatic rings. The summed E-state index contributed by atoms with van der Waals surface area (Å²) < 4.78 is 1.42. The summed E-state index contributed by atoms with van der Waals surface area (Å²) in [7, 11) is 0. The summed E-state index contributed by atoms with van der Waals surface area (Å²) in [4.78, 5) is 0. The molecule has 0 saturated heterocycles. The molecule has 7 atom stereocenters. The Morgan fingerprint density at radius 2 is 1.27 bits per heavy atom. The van der Waals surface area contributed by atoms with E-state index in [0.29, 0.717) is 35.0 Å². The number of allylic oxidation sites excluding steroid dienone is 6. The van der Waals surface area contributed by atoms with E-state index >= 15 is 0 Å². The Balaban J connectivity index is 0.000000215. The van der Waals surface area contributed by atoms with Crippen LogP contribution in [0.4, 0.5) is 0 Å². The zero-order valence-electron chi connectivity index (χ0n) is 35.3. The standard InChI is InChI=1S/C29H37.C13H10.C10H15.2ClH.Zr/c1-16-13-14-25-26-23-12-10-9-11-22(23)15-24(26)27-19(4)17(2)18(3)21(6)29(27,8)28(25,7)20(16)5;1-3-7-12(8-4-1)11-13-9-5-2-6-10-13;1-8-6-5-7-9(8)10(2,3)4;;;/h9-14,16-18,20-21H,15H2,1-8H3;1-10H;5-7H,1-4H3;2*1H;/q-1;;-1;;;+2/p-2. The monoisotopic (exact) mass is 846 g/mol. The molecule has 0 bridgehead atoms. The summed E-state index contributed by atoms with van der Waals surface area (Å²) in [6.45, 7) is 29.1. The Morgan fingerprint density at radius 3 is 1.78 bits per heavy atom. The first-order valence-electron chi connectivity index (χ1n) is 20.1. The normalized spacial score (nSPS) is 27.5. The average Bonchev–Trinajstić information content (AvgIpc) is 3.77. The molecule has 0 N–H and O–H groups in total. The second-order valence-electron chi connectivity index (χ2n) is 18.0. The van der Waals surface area contributed by atoms with Crippen LogP contribution in [0, 0.1) is 53.3 Å². The van der Waals surface area contributed by atoms with Crippen molar-refractivity contribution >= 4 is 8.78 Å². The molecular weight excluding hydrogens is 787 g/mol. The van der Waals surface area contributed by atoms with Gasteiger partial charge in [0.1, 0.15) is 0 Å². The van der Waals surface area contributed by atoms with Crippen LogP contribution in [0.5, 0.6) is 0 Å². The van der Waals surface area contributed by atoms with Gasteiger partial charge in [0.15, 0.2) is 0 Å². The Kier molecular flexibility index (Phi) is 14.4. The SMILES string of the molecule is C[C-]1C2=C3Cc4ccccc4C3=C3C=CC(C)C(C)C3(C)C2(C)C(C)C(C)C1C.Cc1ccc[c-]1C(C)(C)C.[Cl-].[Cl-].[Zr+2]=[C](c1ccccc1)c1ccccc1. The van der Waals surface area contributed by atoms with E-state index in [1.54, 1.807) is 28.2 Å². The third-order valence-electron chi connectivity index (χ3n) is 14.5. The molecule has 4 aliphatic carbocycles. The first kappa shape index (κ1) is 45.1. The van der Waals surface area contributed by atoms with Crippen LogP contribution in [0.1, 0.15) is 110 Å². The fraction of sp³-hybridized carbons (Fsp3) is 0.404. The van der Waals surface area contributed by atoms with Crippen LogP contribution in [-0.2, 0) is 36.1 Å². The summed E-state index contributed by atoms with van der Waals surface area (Å²) in [5.74, 6) is 4.93. The van der Waals surface area contributed by atoms with Crippen LogP contribution < -0.4 is 24.8 Å². The Labute approximate surface area is 361 Å². The molecule has 0 amide bonds. The zero-order chi connectivity index (χ0) is 38.5. The molecule has 4 aromatic carbocycles. The van der Waals surface area contributed by atoms with Crippen molar-refractivity contribution in [2.24, 2.45) is 40.4 Å². The third-order valence-corrected chi connectivity index (χ3v) is 15.9.